The highest BCUT2D eigenvalue weighted by Gasteiger charge is 2.11. The van der Waals surface area contributed by atoms with Crippen molar-refractivity contribution in [2.75, 3.05) is 24.3 Å². The van der Waals surface area contributed by atoms with Crippen LogP contribution in [0.5, 0.6) is 0 Å². The molecule has 0 aliphatic carbocycles. The number of hydrogen-bond donors (Lipinski definition) is 1. The lowest BCUT2D eigenvalue weighted by Gasteiger charge is -2.17. The van der Waals surface area contributed by atoms with E-state index in [4.69, 9.17) is 11.6 Å². The van der Waals surface area contributed by atoms with E-state index in [0.29, 0.717) is 12.5 Å². The molecule has 3 nitrogen and oxygen atoms in total. The number of hydrogen-bond acceptors (Lipinski definition) is 4. The number of thioether (sulfide) groups is 1. The predicted molar refractivity (Wildman–Crippen MR) is 88.6 cm³/mol. The van der Waals surface area contributed by atoms with Crippen LogP contribution in [0.25, 0.3) is 0 Å². The first kappa shape index (κ1) is 17.8. The summed E-state index contributed by atoms with van der Waals surface area (Å²) >= 11 is 7.84. The van der Waals surface area contributed by atoms with Gasteiger partial charge in [-0.2, -0.15) is 0 Å². The zero-order valence-corrected chi connectivity index (χ0v) is 14.3. The summed E-state index contributed by atoms with van der Waals surface area (Å²) in [5.74, 6) is 1.15. The molecule has 0 bridgehead atoms. The molecule has 0 aliphatic heterocycles. The van der Waals surface area contributed by atoms with Gasteiger partial charge in [0.15, 0.2) is 0 Å². The van der Waals surface area contributed by atoms with Gasteiger partial charge < -0.3 is 5.32 Å². The van der Waals surface area contributed by atoms with Gasteiger partial charge in [0.05, 0.1) is 5.02 Å². The van der Waals surface area contributed by atoms with Crippen LogP contribution in [0.1, 0.15) is 19.8 Å². The molecule has 20 heavy (non-hydrogen) atoms. The van der Waals surface area contributed by atoms with Crippen molar-refractivity contribution in [2.24, 2.45) is 0 Å². The van der Waals surface area contributed by atoms with Gasteiger partial charge in [-0.1, -0.05) is 30.7 Å². The van der Waals surface area contributed by atoms with Crippen LogP contribution in [0.15, 0.2) is 29.2 Å². The Labute approximate surface area is 131 Å². The average molecular weight is 336 g/mol. The summed E-state index contributed by atoms with van der Waals surface area (Å²) in [6.07, 6.45) is 2.84. The van der Waals surface area contributed by atoms with Crippen LogP contribution in [-0.2, 0) is 9.84 Å². The van der Waals surface area contributed by atoms with Crippen molar-refractivity contribution >= 4 is 33.2 Å². The van der Waals surface area contributed by atoms with Crippen LogP contribution < -0.4 is 5.32 Å². The number of nitrogens with one attached hydrogen (secondary N) is 1. The van der Waals surface area contributed by atoms with Gasteiger partial charge in [0.1, 0.15) is 9.84 Å². The molecule has 0 saturated heterocycles. The van der Waals surface area contributed by atoms with E-state index < -0.39 is 9.84 Å². The number of sulfone groups is 1. The summed E-state index contributed by atoms with van der Waals surface area (Å²) < 4.78 is 22.3. The molecule has 6 heteroatoms. The first-order valence-corrected chi connectivity index (χ1v) is 10.1. The highest BCUT2D eigenvalue weighted by atomic mass is 35.5. The Balaban J connectivity index is 2.44. The van der Waals surface area contributed by atoms with E-state index >= 15 is 0 Å². The lowest BCUT2D eigenvalue weighted by Crippen LogP contribution is -2.31. The maximum Gasteiger partial charge on any atom is 0.147 e. The Morgan fingerprint density at radius 1 is 1.35 bits per heavy atom. The summed E-state index contributed by atoms with van der Waals surface area (Å²) in [5, 5.41) is 4.17. The molecule has 0 spiro atoms. The van der Waals surface area contributed by atoms with E-state index in [1.165, 1.54) is 6.26 Å². The molecule has 0 aliphatic rings. The van der Waals surface area contributed by atoms with Gasteiger partial charge in [-0.15, -0.1) is 11.8 Å². The third kappa shape index (κ3) is 7.53. The molecule has 1 atom stereocenters. The minimum atomic E-state index is -2.86. The SMILES string of the molecule is CCNC(CCCS(C)(=O)=O)CSc1ccccc1Cl. The van der Waals surface area contributed by atoms with Gasteiger partial charge >= 0.3 is 0 Å². The topological polar surface area (TPSA) is 46.2 Å². The summed E-state index contributed by atoms with van der Waals surface area (Å²) in [4.78, 5) is 1.07. The molecule has 0 saturated carbocycles. The minimum Gasteiger partial charge on any atom is -0.313 e. The van der Waals surface area contributed by atoms with E-state index in [-0.39, 0.29) is 5.75 Å². The standard InChI is InChI=1S/C14H22ClNO2S2/c1-3-16-12(7-6-10-20(2,17)18)11-19-14-9-5-4-8-13(14)15/h4-5,8-9,12,16H,3,6-7,10-11H2,1-2H3. The Hall–Kier alpha value is -0.230. The van der Waals surface area contributed by atoms with Crippen LogP contribution in [0.4, 0.5) is 0 Å². The molecule has 0 amide bonds. The summed E-state index contributed by atoms with van der Waals surface area (Å²) in [7, 11) is -2.86. The normalized spacial score (nSPS) is 13.3. The summed E-state index contributed by atoms with van der Waals surface area (Å²) in [6.45, 7) is 2.94. The molecule has 114 valence electrons. The molecule has 0 heterocycles. The number of benzene rings is 1. The van der Waals surface area contributed by atoms with Gasteiger partial charge in [0.25, 0.3) is 0 Å². The quantitative estimate of drug-likeness (QED) is 0.704. The van der Waals surface area contributed by atoms with Crippen LogP contribution in [0, 0.1) is 0 Å². The maximum atomic E-state index is 11.2. The maximum absolute atomic E-state index is 11.2. The third-order valence-corrected chi connectivity index (χ3v) is 5.55. The second kappa shape index (κ2) is 8.93. The highest BCUT2D eigenvalue weighted by Crippen LogP contribution is 2.27. The molecule has 1 N–H and O–H groups in total. The van der Waals surface area contributed by atoms with Crippen molar-refractivity contribution in [3.63, 3.8) is 0 Å². The molecule has 1 unspecified atom stereocenters. The number of halogens is 1. The highest BCUT2D eigenvalue weighted by molar-refractivity contribution is 7.99. The largest absolute Gasteiger partial charge is 0.313 e. The Kier molecular flexibility index (Phi) is 7.95. The Bertz CT molecular complexity index is 506. The fourth-order valence-electron chi connectivity index (χ4n) is 1.88. The zero-order valence-electron chi connectivity index (χ0n) is 11.9. The van der Waals surface area contributed by atoms with Gasteiger partial charge in [-0.25, -0.2) is 8.42 Å². The van der Waals surface area contributed by atoms with Gasteiger partial charge in [0.2, 0.25) is 0 Å². The molecule has 1 aromatic carbocycles. The number of rotatable bonds is 9. The van der Waals surface area contributed by atoms with Crippen molar-refractivity contribution in [1.29, 1.82) is 0 Å². The van der Waals surface area contributed by atoms with Crippen LogP contribution in [0.2, 0.25) is 5.02 Å². The zero-order chi connectivity index (χ0) is 15.0. The first-order valence-electron chi connectivity index (χ1n) is 6.71. The first-order chi connectivity index (χ1) is 9.42. The van der Waals surface area contributed by atoms with E-state index in [2.05, 4.69) is 12.2 Å². The average Bonchev–Trinajstić information content (AvgIpc) is 2.36. The smallest absolute Gasteiger partial charge is 0.147 e. The van der Waals surface area contributed by atoms with E-state index in [0.717, 1.165) is 28.6 Å². The van der Waals surface area contributed by atoms with Crippen molar-refractivity contribution in [3.8, 4) is 0 Å². The van der Waals surface area contributed by atoms with Crippen LogP contribution in [0.3, 0.4) is 0 Å². The van der Waals surface area contributed by atoms with E-state index in [1.807, 2.05) is 24.3 Å². The second-order valence-electron chi connectivity index (χ2n) is 4.77. The van der Waals surface area contributed by atoms with Gasteiger partial charge in [-0.3, -0.25) is 0 Å². The third-order valence-electron chi connectivity index (χ3n) is 2.84. The fraction of sp³-hybridized carbons (Fsp3) is 0.571. The van der Waals surface area contributed by atoms with Crippen LogP contribution >= 0.6 is 23.4 Å². The fourth-order valence-corrected chi connectivity index (χ4v) is 3.91. The molecule has 0 radical (unpaired) electrons. The van der Waals surface area contributed by atoms with Crippen molar-refractivity contribution in [2.45, 2.75) is 30.7 Å². The molecular formula is C14H22ClNO2S2. The minimum absolute atomic E-state index is 0.256. The molecule has 0 fully saturated rings. The Morgan fingerprint density at radius 2 is 2.05 bits per heavy atom. The van der Waals surface area contributed by atoms with Gasteiger partial charge in [-0.05, 0) is 31.5 Å². The Morgan fingerprint density at radius 3 is 2.65 bits per heavy atom. The van der Waals surface area contributed by atoms with Crippen molar-refractivity contribution < 1.29 is 8.42 Å². The molecule has 1 aromatic rings. The molecular weight excluding hydrogens is 314 g/mol. The van der Waals surface area contributed by atoms with Crippen LogP contribution in [-0.4, -0.2) is 38.8 Å². The summed E-state index contributed by atoms with van der Waals surface area (Å²) in [6, 6.07) is 8.09. The van der Waals surface area contributed by atoms with Crippen molar-refractivity contribution in [1.82, 2.24) is 5.32 Å². The summed E-state index contributed by atoms with van der Waals surface area (Å²) in [5.41, 5.74) is 0. The lowest BCUT2D eigenvalue weighted by atomic mass is 10.2. The predicted octanol–water partition coefficient (Wildman–Crippen LogP) is 3.24. The monoisotopic (exact) mass is 335 g/mol. The lowest BCUT2D eigenvalue weighted by molar-refractivity contribution is 0.527. The molecule has 1 rings (SSSR count). The second-order valence-corrected chi connectivity index (χ2v) is 8.50. The van der Waals surface area contributed by atoms with Crippen molar-refractivity contribution in [3.05, 3.63) is 29.3 Å². The van der Waals surface area contributed by atoms with Gasteiger partial charge in [0, 0.05) is 28.7 Å². The van der Waals surface area contributed by atoms with E-state index in [9.17, 15) is 8.42 Å². The van der Waals surface area contributed by atoms with E-state index in [1.54, 1.807) is 11.8 Å². The molecule has 0 aromatic heterocycles.